The lowest BCUT2D eigenvalue weighted by atomic mass is 9.87. The number of carbonyl (C=O) groups is 1. The van der Waals surface area contributed by atoms with Gasteiger partial charge >= 0.3 is 0 Å². The predicted octanol–water partition coefficient (Wildman–Crippen LogP) is 4.49. The van der Waals surface area contributed by atoms with Crippen LogP contribution in [0.4, 0.5) is 5.69 Å². The molecule has 1 fully saturated rings. The lowest BCUT2D eigenvalue weighted by Gasteiger charge is -2.21. The van der Waals surface area contributed by atoms with Gasteiger partial charge < -0.3 is 5.32 Å². The molecule has 0 unspecified atom stereocenters. The van der Waals surface area contributed by atoms with Crippen LogP contribution in [-0.4, -0.2) is 5.91 Å². The highest BCUT2D eigenvalue weighted by Crippen LogP contribution is 2.27. The second-order valence-corrected chi connectivity index (χ2v) is 5.61. The lowest BCUT2D eigenvalue weighted by molar-refractivity contribution is -0.117. The fraction of sp³-hybridized carbons (Fsp3) is 0.533. The molecule has 1 aliphatic rings. The van der Waals surface area contributed by atoms with Crippen LogP contribution >= 0.6 is 15.9 Å². The summed E-state index contributed by atoms with van der Waals surface area (Å²) in [5.74, 6) is 0.755. The van der Waals surface area contributed by atoms with E-state index in [2.05, 4.69) is 21.2 Å². The Morgan fingerprint density at radius 2 is 1.94 bits per heavy atom. The van der Waals surface area contributed by atoms with Crippen LogP contribution in [0, 0.1) is 5.92 Å². The Bertz CT molecular complexity index is 399. The van der Waals surface area contributed by atoms with E-state index in [0.29, 0.717) is 12.3 Å². The van der Waals surface area contributed by atoms with Gasteiger partial charge in [-0.1, -0.05) is 53.4 Å². The molecule has 1 amide bonds. The van der Waals surface area contributed by atoms with Gasteiger partial charge in [0.1, 0.15) is 0 Å². The first-order chi connectivity index (χ1) is 8.79. The minimum Gasteiger partial charge on any atom is -0.326 e. The Kier molecular flexibility index (Phi) is 5.24. The van der Waals surface area contributed by atoms with E-state index in [4.69, 9.17) is 0 Å². The van der Waals surface area contributed by atoms with E-state index in [1.54, 1.807) is 0 Å². The number of halogens is 1. The maximum atomic E-state index is 12.0. The van der Waals surface area contributed by atoms with Gasteiger partial charge in [-0.2, -0.15) is 0 Å². The first-order valence-corrected chi connectivity index (χ1v) is 7.85. The summed E-state index contributed by atoms with van der Waals surface area (Å²) >= 11 is 3.45. The number of amides is 1. The molecule has 1 aromatic rings. The zero-order valence-corrected chi connectivity index (χ0v) is 12.2. The van der Waals surface area contributed by atoms with Crippen LogP contribution in [0.2, 0.25) is 0 Å². The van der Waals surface area contributed by atoms with Gasteiger partial charge in [0.15, 0.2) is 0 Å². The molecule has 2 nitrogen and oxygen atoms in total. The topological polar surface area (TPSA) is 29.1 Å². The van der Waals surface area contributed by atoms with Crippen molar-refractivity contribution in [3.63, 3.8) is 0 Å². The van der Waals surface area contributed by atoms with E-state index in [9.17, 15) is 4.79 Å². The minimum absolute atomic E-state index is 0.162. The monoisotopic (exact) mass is 309 g/mol. The highest BCUT2D eigenvalue weighted by molar-refractivity contribution is 9.08. The van der Waals surface area contributed by atoms with E-state index in [1.165, 1.54) is 32.1 Å². The molecule has 1 N–H and O–H groups in total. The first-order valence-electron chi connectivity index (χ1n) is 6.73. The van der Waals surface area contributed by atoms with Gasteiger partial charge in [-0.25, -0.2) is 0 Å². The average molecular weight is 310 g/mol. The molecule has 98 valence electrons. The summed E-state index contributed by atoms with van der Waals surface area (Å²) in [6, 6.07) is 7.95. The third-order valence-corrected chi connectivity index (χ3v) is 4.24. The second-order valence-electron chi connectivity index (χ2n) is 5.05. The number of alkyl halides is 1. The minimum atomic E-state index is 0.162. The van der Waals surface area contributed by atoms with Crippen LogP contribution < -0.4 is 5.32 Å². The number of benzene rings is 1. The molecule has 0 aromatic heterocycles. The molecule has 2 rings (SSSR count). The number of anilines is 1. The zero-order chi connectivity index (χ0) is 12.8. The van der Waals surface area contributed by atoms with Crippen LogP contribution in [0.1, 0.15) is 44.1 Å². The third-order valence-electron chi connectivity index (χ3n) is 3.63. The number of hydrogen-bond acceptors (Lipinski definition) is 1. The highest BCUT2D eigenvalue weighted by Gasteiger charge is 2.17. The fourth-order valence-corrected chi connectivity index (χ4v) is 3.10. The quantitative estimate of drug-likeness (QED) is 0.816. The Balaban J connectivity index is 1.90. The molecule has 0 spiro atoms. The smallest absolute Gasteiger partial charge is 0.224 e. The number of para-hydroxylation sites is 1. The summed E-state index contributed by atoms with van der Waals surface area (Å²) < 4.78 is 0. The van der Waals surface area contributed by atoms with Crippen LogP contribution in [0.15, 0.2) is 24.3 Å². The van der Waals surface area contributed by atoms with E-state index >= 15 is 0 Å². The molecule has 0 radical (unpaired) electrons. The number of nitrogens with one attached hydrogen (secondary N) is 1. The van der Waals surface area contributed by atoms with Gasteiger partial charge in [-0.05, 0) is 30.4 Å². The van der Waals surface area contributed by atoms with E-state index < -0.39 is 0 Å². The summed E-state index contributed by atoms with van der Waals surface area (Å²) in [6.07, 6.45) is 7.02. The fourth-order valence-electron chi connectivity index (χ4n) is 2.61. The normalized spacial score (nSPS) is 16.5. The molecule has 0 heterocycles. The van der Waals surface area contributed by atoms with Crippen molar-refractivity contribution in [3.8, 4) is 0 Å². The third kappa shape index (κ3) is 3.84. The van der Waals surface area contributed by atoms with Gasteiger partial charge in [0, 0.05) is 17.4 Å². The van der Waals surface area contributed by atoms with E-state index in [-0.39, 0.29) is 5.91 Å². The van der Waals surface area contributed by atoms with Crippen LogP contribution in [0.25, 0.3) is 0 Å². The molecule has 18 heavy (non-hydrogen) atoms. The second kappa shape index (κ2) is 6.93. The number of rotatable bonds is 4. The maximum Gasteiger partial charge on any atom is 0.224 e. The van der Waals surface area contributed by atoms with Crippen molar-refractivity contribution in [2.45, 2.75) is 43.9 Å². The van der Waals surface area contributed by atoms with Gasteiger partial charge in [-0.15, -0.1) is 0 Å². The van der Waals surface area contributed by atoms with Gasteiger partial charge in [0.05, 0.1) is 0 Å². The van der Waals surface area contributed by atoms with Crippen LogP contribution in [0.3, 0.4) is 0 Å². The molecule has 0 saturated heterocycles. The zero-order valence-electron chi connectivity index (χ0n) is 10.6. The van der Waals surface area contributed by atoms with Crippen molar-refractivity contribution in [2.24, 2.45) is 5.92 Å². The van der Waals surface area contributed by atoms with Crippen molar-refractivity contribution in [3.05, 3.63) is 29.8 Å². The summed E-state index contributed by atoms with van der Waals surface area (Å²) in [5.41, 5.74) is 2.07. The molecule has 0 bridgehead atoms. The number of carbonyl (C=O) groups excluding carboxylic acids is 1. The molecule has 0 aliphatic heterocycles. The summed E-state index contributed by atoms with van der Waals surface area (Å²) in [6.45, 7) is 0. The summed E-state index contributed by atoms with van der Waals surface area (Å²) in [4.78, 5) is 12.0. The Morgan fingerprint density at radius 3 is 2.67 bits per heavy atom. The van der Waals surface area contributed by atoms with Crippen LogP contribution in [-0.2, 0) is 10.1 Å². The SMILES string of the molecule is O=C(CC1CCCCC1)Nc1ccccc1CBr. The molecular formula is C15H20BrNO. The average Bonchev–Trinajstić information content (AvgIpc) is 2.40. The van der Waals surface area contributed by atoms with Gasteiger partial charge in [-0.3, -0.25) is 4.79 Å². The molecule has 1 saturated carbocycles. The summed E-state index contributed by atoms with van der Waals surface area (Å²) in [5, 5.41) is 3.81. The van der Waals surface area contributed by atoms with Crippen molar-refractivity contribution < 1.29 is 4.79 Å². The Morgan fingerprint density at radius 1 is 1.22 bits per heavy atom. The lowest BCUT2D eigenvalue weighted by Crippen LogP contribution is -2.18. The molecule has 3 heteroatoms. The standard InChI is InChI=1S/C15H20BrNO/c16-11-13-8-4-5-9-14(13)17-15(18)10-12-6-2-1-3-7-12/h4-5,8-9,12H,1-3,6-7,10-11H2,(H,17,18). The molecule has 0 atom stereocenters. The van der Waals surface area contributed by atoms with Crippen LogP contribution in [0.5, 0.6) is 0 Å². The summed E-state index contributed by atoms with van der Waals surface area (Å²) in [7, 11) is 0. The largest absolute Gasteiger partial charge is 0.326 e. The van der Waals surface area contributed by atoms with Gasteiger partial charge in [0.25, 0.3) is 0 Å². The van der Waals surface area contributed by atoms with Gasteiger partial charge in [0.2, 0.25) is 5.91 Å². The van der Waals surface area contributed by atoms with Crippen molar-refractivity contribution in [1.29, 1.82) is 0 Å². The van der Waals surface area contributed by atoms with Crippen molar-refractivity contribution in [1.82, 2.24) is 0 Å². The highest BCUT2D eigenvalue weighted by atomic mass is 79.9. The molecule has 1 aliphatic carbocycles. The van der Waals surface area contributed by atoms with Crippen molar-refractivity contribution in [2.75, 3.05) is 5.32 Å². The van der Waals surface area contributed by atoms with E-state index in [1.807, 2.05) is 24.3 Å². The molecular weight excluding hydrogens is 290 g/mol. The molecule has 1 aromatic carbocycles. The van der Waals surface area contributed by atoms with E-state index in [0.717, 1.165) is 16.6 Å². The first kappa shape index (κ1) is 13.6. The maximum absolute atomic E-state index is 12.0. The Hall–Kier alpha value is -0.830. The number of hydrogen-bond donors (Lipinski definition) is 1. The Labute approximate surface area is 117 Å². The predicted molar refractivity (Wildman–Crippen MR) is 78.9 cm³/mol. The van der Waals surface area contributed by atoms with Crippen molar-refractivity contribution >= 4 is 27.5 Å².